The first kappa shape index (κ1) is 23.3. The lowest BCUT2D eigenvalue weighted by atomic mass is 9.90. The number of nitrogen functional groups attached to an aromatic ring is 1. The molecule has 2 aliphatic rings. The first-order valence-electron chi connectivity index (χ1n) is 12.6. The molecule has 4 aromatic rings. The number of carbonyl (C=O) groups is 1. The van der Waals surface area contributed by atoms with Crippen molar-refractivity contribution >= 4 is 33.8 Å². The van der Waals surface area contributed by atoms with Crippen LogP contribution in [-0.4, -0.2) is 36.8 Å². The van der Waals surface area contributed by atoms with Crippen LogP contribution in [0.1, 0.15) is 58.6 Å². The van der Waals surface area contributed by atoms with Gasteiger partial charge in [-0.15, -0.1) is 6.42 Å². The van der Waals surface area contributed by atoms with E-state index < -0.39 is 5.60 Å². The van der Waals surface area contributed by atoms with Crippen LogP contribution in [0.4, 0.5) is 10.6 Å². The molecule has 2 saturated carbocycles. The van der Waals surface area contributed by atoms with Crippen LogP contribution in [0.3, 0.4) is 0 Å². The van der Waals surface area contributed by atoms with Crippen molar-refractivity contribution in [3.63, 3.8) is 0 Å². The molecule has 8 nitrogen and oxygen atoms in total. The number of nitrogens with one attached hydrogen (secondary N) is 1. The quantitative estimate of drug-likeness (QED) is 0.382. The minimum atomic E-state index is -0.556. The Bertz CT molecular complexity index is 1600. The zero-order valence-corrected chi connectivity index (χ0v) is 21.3. The molecule has 2 bridgehead atoms. The molecule has 0 unspecified atom stereocenters. The maximum atomic E-state index is 12.7. The van der Waals surface area contributed by atoms with Crippen molar-refractivity contribution in [1.29, 1.82) is 0 Å². The van der Waals surface area contributed by atoms with Crippen LogP contribution < -0.4 is 11.1 Å². The fraction of sp³-hybridized carbons (Fsp3) is 0.379. The van der Waals surface area contributed by atoms with Crippen molar-refractivity contribution in [2.24, 2.45) is 0 Å². The standard InChI is InChI=1S/C29H30N6O2/c1-5-21-22(19-14-18-8-6-7-9-20(18)31-15-19)23-24(30)32-17-33-25(23)35(21)29-12-10-28(16-29,11-13-29)34-26(36)37-27(2,3)4/h1,6-9,14-15,17H,10-13,16H2,2-4H3,(H,34,36)(H2,30,32,33). The number of carbonyl (C=O) groups excluding carboxylic acids is 1. The molecule has 1 aromatic carbocycles. The Hall–Kier alpha value is -4.12. The van der Waals surface area contributed by atoms with Gasteiger partial charge in [-0.3, -0.25) is 4.98 Å². The summed E-state index contributed by atoms with van der Waals surface area (Å²) in [4.78, 5) is 26.4. The number of terminal acetylenes is 1. The van der Waals surface area contributed by atoms with Gasteiger partial charge in [-0.2, -0.15) is 0 Å². The molecule has 2 fully saturated rings. The molecule has 2 aliphatic carbocycles. The summed E-state index contributed by atoms with van der Waals surface area (Å²) in [5.41, 5.74) is 9.32. The predicted molar refractivity (Wildman–Crippen MR) is 144 cm³/mol. The van der Waals surface area contributed by atoms with Crippen molar-refractivity contribution in [3.05, 3.63) is 48.5 Å². The number of hydrogen-bond acceptors (Lipinski definition) is 6. The molecule has 188 valence electrons. The van der Waals surface area contributed by atoms with Crippen LogP contribution in [0.25, 0.3) is 33.1 Å². The molecule has 37 heavy (non-hydrogen) atoms. The van der Waals surface area contributed by atoms with Crippen LogP contribution >= 0.6 is 0 Å². The Morgan fingerprint density at radius 1 is 1.16 bits per heavy atom. The average Bonchev–Trinajstić information content (AvgIpc) is 3.51. The van der Waals surface area contributed by atoms with E-state index in [9.17, 15) is 4.79 Å². The molecule has 0 spiro atoms. The highest BCUT2D eigenvalue weighted by atomic mass is 16.6. The molecular weight excluding hydrogens is 464 g/mol. The highest BCUT2D eigenvalue weighted by Crippen LogP contribution is 2.57. The second kappa shape index (κ2) is 7.94. The molecule has 0 aliphatic heterocycles. The maximum absolute atomic E-state index is 12.7. The number of para-hydroxylation sites is 1. The Morgan fingerprint density at radius 2 is 1.92 bits per heavy atom. The molecule has 3 N–H and O–H groups in total. The van der Waals surface area contributed by atoms with Crippen molar-refractivity contribution in [3.8, 4) is 23.5 Å². The lowest BCUT2D eigenvalue weighted by Crippen LogP contribution is -2.47. The minimum Gasteiger partial charge on any atom is -0.444 e. The molecule has 3 aromatic heterocycles. The van der Waals surface area contributed by atoms with E-state index in [1.807, 2.05) is 51.2 Å². The number of anilines is 1. The highest BCUT2D eigenvalue weighted by molar-refractivity contribution is 6.04. The van der Waals surface area contributed by atoms with Gasteiger partial charge in [0, 0.05) is 33.8 Å². The summed E-state index contributed by atoms with van der Waals surface area (Å²) in [5.74, 6) is 3.35. The average molecular weight is 495 g/mol. The van der Waals surface area contributed by atoms with E-state index in [0.29, 0.717) is 11.5 Å². The molecule has 0 atom stereocenters. The number of rotatable bonds is 3. The van der Waals surface area contributed by atoms with Gasteiger partial charge in [0.2, 0.25) is 0 Å². The first-order valence-corrected chi connectivity index (χ1v) is 12.6. The SMILES string of the molecule is C#Cc1c(-c2cnc3ccccc3c2)c2c(N)ncnc2n1C12CCC(NC(=O)OC(C)(C)C)(CC1)C2. The van der Waals surface area contributed by atoms with E-state index in [4.69, 9.17) is 21.9 Å². The highest BCUT2D eigenvalue weighted by Gasteiger charge is 2.57. The van der Waals surface area contributed by atoms with E-state index in [1.165, 1.54) is 6.33 Å². The molecular formula is C29H30N6O2. The Kier molecular flexibility index (Phi) is 5.00. The maximum Gasteiger partial charge on any atom is 0.408 e. The van der Waals surface area contributed by atoms with Gasteiger partial charge in [-0.05, 0) is 65.0 Å². The largest absolute Gasteiger partial charge is 0.444 e. The number of amides is 1. The van der Waals surface area contributed by atoms with Crippen LogP contribution in [-0.2, 0) is 10.3 Å². The number of aromatic nitrogens is 4. The fourth-order valence-electron chi connectivity index (χ4n) is 6.39. The molecule has 6 rings (SSSR count). The number of fused-ring (bicyclic) bond motifs is 4. The third-order valence-corrected chi connectivity index (χ3v) is 7.84. The van der Waals surface area contributed by atoms with E-state index in [2.05, 4.69) is 31.8 Å². The number of alkyl carbamates (subject to hydrolysis) is 1. The van der Waals surface area contributed by atoms with Crippen molar-refractivity contribution in [2.75, 3.05) is 5.73 Å². The fourth-order valence-corrected chi connectivity index (χ4v) is 6.39. The van der Waals surface area contributed by atoms with Crippen molar-refractivity contribution in [2.45, 2.75) is 69.6 Å². The van der Waals surface area contributed by atoms with Gasteiger partial charge < -0.3 is 20.4 Å². The molecule has 0 radical (unpaired) electrons. The zero-order valence-electron chi connectivity index (χ0n) is 21.3. The summed E-state index contributed by atoms with van der Waals surface area (Å²) in [6.07, 6.45) is 13.3. The van der Waals surface area contributed by atoms with Gasteiger partial charge in [0.15, 0.2) is 0 Å². The summed E-state index contributed by atoms with van der Waals surface area (Å²) in [5, 5.41) is 4.95. The Labute approximate surface area is 215 Å². The second-order valence-electron chi connectivity index (χ2n) is 11.4. The van der Waals surface area contributed by atoms with Crippen molar-refractivity contribution in [1.82, 2.24) is 24.8 Å². The first-order chi connectivity index (χ1) is 17.6. The number of ether oxygens (including phenoxy) is 1. The van der Waals surface area contributed by atoms with E-state index in [0.717, 1.165) is 65.2 Å². The zero-order chi connectivity index (χ0) is 26.0. The third-order valence-electron chi connectivity index (χ3n) is 7.84. The summed E-state index contributed by atoms with van der Waals surface area (Å²) < 4.78 is 7.77. The number of nitrogens with two attached hydrogens (primary N) is 1. The lowest BCUT2D eigenvalue weighted by Gasteiger charge is -2.31. The second-order valence-corrected chi connectivity index (χ2v) is 11.4. The summed E-state index contributed by atoms with van der Waals surface area (Å²) in [7, 11) is 0. The molecule has 3 heterocycles. The normalized spacial score (nSPS) is 22.9. The number of nitrogens with zero attached hydrogens (tertiary/aromatic N) is 4. The van der Waals surface area contributed by atoms with Gasteiger partial charge in [-0.25, -0.2) is 14.8 Å². The molecule has 1 amide bonds. The van der Waals surface area contributed by atoms with Gasteiger partial charge >= 0.3 is 6.09 Å². The number of pyridine rings is 1. The topological polar surface area (TPSA) is 108 Å². The monoisotopic (exact) mass is 494 g/mol. The van der Waals surface area contributed by atoms with Crippen LogP contribution in [0.15, 0.2) is 42.9 Å². The number of hydrogen-bond donors (Lipinski definition) is 2. The van der Waals surface area contributed by atoms with Gasteiger partial charge in [0.1, 0.15) is 29.1 Å². The van der Waals surface area contributed by atoms with Crippen LogP contribution in [0.2, 0.25) is 0 Å². The third kappa shape index (κ3) is 3.69. The smallest absolute Gasteiger partial charge is 0.408 e. The Morgan fingerprint density at radius 3 is 2.65 bits per heavy atom. The van der Waals surface area contributed by atoms with Crippen LogP contribution in [0.5, 0.6) is 0 Å². The predicted octanol–water partition coefficient (Wildman–Crippen LogP) is 5.15. The van der Waals surface area contributed by atoms with Gasteiger partial charge in [-0.1, -0.05) is 24.1 Å². The Balaban J connectivity index is 1.49. The van der Waals surface area contributed by atoms with E-state index in [1.54, 1.807) is 0 Å². The summed E-state index contributed by atoms with van der Waals surface area (Å²) >= 11 is 0. The van der Waals surface area contributed by atoms with Crippen molar-refractivity contribution < 1.29 is 9.53 Å². The molecule has 0 saturated heterocycles. The number of benzene rings is 1. The van der Waals surface area contributed by atoms with Crippen LogP contribution in [0, 0.1) is 12.3 Å². The summed E-state index contributed by atoms with van der Waals surface area (Å²) in [6.45, 7) is 5.61. The molecule has 8 heteroatoms. The minimum absolute atomic E-state index is 0.293. The van der Waals surface area contributed by atoms with Gasteiger partial charge in [0.05, 0.1) is 10.9 Å². The van der Waals surface area contributed by atoms with E-state index >= 15 is 0 Å². The van der Waals surface area contributed by atoms with E-state index in [-0.39, 0.29) is 17.2 Å². The summed E-state index contributed by atoms with van der Waals surface area (Å²) in [6, 6.07) is 10.1. The lowest BCUT2D eigenvalue weighted by molar-refractivity contribution is 0.0458. The van der Waals surface area contributed by atoms with Gasteiger partial charge in [0.25, 0.3) is 0 Å².